The van der Waals surface area contributed by atoms with Gasteiger partial charge in [-0.15, -0.1) is 0 Å². The zero-order valence-electron chi connectivity index (χ0n) is 60.7. The fourth-order valence-electron chi connectivity index (χ4n) is 16.8. The molecule has 11 rings (SSSR count). The summed E-state index contributed by atoms with van der Waals surface area (Å²) in [6.45, 7) is 12.1. The van der Waals surface area contributed by atoms with Crippen molar-refractivity contribution >= 4 is 59.6 Å². The highest BCUT2D eigenvalue weighted by Gasteiger charge is 2.69. The lowest BCUT2D eigenvalue weighted by Crippen LogP contribution is -2.59. The third-order valence-electron chi connectivity index (χ3n) is 23.7. The summed E-state index contributed by atoms with van der Waals surface area (Å²) in [6, 6.07) is 0. The molecule has 580 valence electrons. The first-order chi connectivity index (χ1) is 50.6. The van der Waals surface area contributed by atoms with Crippen molar-refractivity contribution in [3.05, 3.63) is 164 Å². The summed E-state index contributed by atoms with van der Waals surface area (Å²) in [5.74, 6) is -17.0. The average Bonchev–Trinajstić information content (AvgIpc) is 1.55. The van der Waals surface area contributed by atoms with Crippen molar-refractivity contribution in [2.75, 3.05) is 26.4 Å². The van der Waals surface area contributed by atoms with Crippen molar-refractivity contribution in [1.82, 2.24) is 0 Å². The highest BCUT2D eigenvalue weighted by molar-refractivity contribution is 6.29. The largest absolute Gasteiger partial charge is 0.507 e. The minimum absolute atomic E-state index is 0.0877. The molecule has 22 atom stereocenters. The number of aliphatic hydroxyl groups is 12. The molecule has 0 radical (unpaired) electrons. The number of carbonyl (C=O) groups excluding carboxylic acids is 10. The highest BCUT2D eigenvalue weighted by atomic mass is 16.7. The Balaban J connectivity index is 1.08. The van der Waals surface area contributed by atoms with Crippen LogP contribution in [0.4, 0.5) is 0 Å². The maximum Gasteiger partial charge on any atom is 0.346 e. The number of hydrogen-bond acceptors (Lipinski definition) is 30. The van der Waals surface area contributed by atoms with Gasteiger partial charge in [0.1, 0.15) is 107 Å². The Labute approximate surface area is 618 Å². The minimum atomic E-state index is -2.33. The second-order valence-corrected chi connectivity index (χ2v) is 30.8. The smallest absolute Gasteiger partial charge is 0.346 e. The van der Waals surface area contributed by atoms with E-state index in [0.29, 0.717) is 23.7 Å². The van der Waals surface area contributed by atoms with Crippen LogP contribution in [0.2, 0.25) is 0 Å². The van der Waals surface area contributed by atoms with Crippen LogP contribution < -0.4 is 0 Å². The van der Waals surface area contributed by atoms with Gasteiger partial charge in [-0.05, 0) is 111 Å². The van der Waals surface area contributed by atoms with Crippen molar-refractivity contribution in [2.45, 2.75) is 179 Å². The van der Waals surface area contributed by atoms with Gasteiger partial charge in [-0.25, -0.2) is 19.2 Å². The van der Waals surface area contributed by atoms with Gasteiger partial charge in [0.25, 0.3) is 0 Å². The Kier molecular flexibility index (Phi) is 21.3. The Morgan fingerprint density at radius 2 is 0.722 bits per heavy atom. The molecular formula is C78H88O30. The van der Waals surface area contributed by atoms with Crippen LogP contribution in [-0.4, -0.2) is 231 Å². The molecule has 4 spiro atoms. The van der Waals surface area contributed by atoms with E-state index in [1.807, 2.05) is 0 Å². The zero-order chi connectivity index (χ0) is 79.4. The summed E-state index contributed by atoms with van der Waals surface area (Å²) >= 11 is 0. The molecule has 0 amide bonds. The van der Waals surface area contributed by atoms with E-state index in [1.54, 1.807) is 27.7 Å². The lowest BCUT2D eigenvalue weighted by atomic mass is 9.60. The van der Waals surface area contributed by atoms with E-state index >= 15 is 19.2 Å². The van der Waals surface area contributed by atoms with Crippen molar-refractivity contribution in [1.29, 1.82) is 0 Å². The summed E-state index contributed by atoms with van der Waals surface area (Å²) in [5, 5.41) is 132. The van der Waals surface area contributed by atoms with Gasteiger partial charge in [-0.3, -0.25) is 28.8 Å². The van der Waals surface area contributed by atoms with Gasteiger partial charge in [-0.1, -0.05) is 101 Å². The number of carbonyl (C=O) groups is 10. The monoisotopic (exact) mass is 1500 g/mol. The normalized spacial score (nSPS) is 45.3. The third-order valence-corrected chi connectivity index (χ3v) is 23.7. The molecule has 30 heteroatoms. The van der Waals surface area contributed by atoms with E-state index in [0.717, 1.165) is 24.3 Å². The molecule has 12 N–H and O–H groups in total. The maximum absolute atomic E-state index is 15.5. The number of aliphatic hydroxyl groups excluding tert-OH is 12. The standard InChI is InChI=1S/C78H88O30/c1-35-13-11-17-71(7)27-43(33-101-69-59(91)57(89)55(87)47(31-81)103-69)39(5)23-75(71)61(93)49(65(97)105-75)46(84)16-20-74(10)26-42(30-80)38(4)22-78(74)64(96)52(68(100)108-78)54(86)36(2)14-12-18-72(8)28-44(34-102-70-60(92)58(90)56(88)48(32-82)104-70)40(6)24-76(72)62(94)50(66(98)106-76)45(83)15-19-73(9)25-41(29-79)37(3)21-77(73)63(95)51(53(35)85)67(99)107-77/h11-20,25-30,37-40,47-48,55-60,69-70,81-92H,21-24,31-34H2,1-10H3/b17-11+,18-12+,19-15+,20-16+,35-13+,36-14+,49-46-,50-45?,53-51-,54-52+/t37?,38?,39?,40?,47-,48-,55+,56+,57+,58+,59-,60-,69+,70+,71?,72?,73?,74?,75?,76?,77?,78?/m1/s1. The Bertz CT molecular complexity index is 4100. The number of esters is 4. The van der Waals surface area contributed by atoms with Crippen LogP contribution in [0.5, 0.6) is 0 Å². The number of fused-ring (bicyclic) bond motifs is 4. The molecule has 0 aromatic rings. The van der Waals surface area contributed by atoms with E-state index in [4.69, 9.17) is 37.9 Å². The van der Waals surface area contributed by atoms with Crippen LogP contribution in [0, 0.1) is 45.3 Å². The predicted octanol–water partition coefficient (Wildman–Crippen LogP) is 2.75. The molecule has 0 aromatic heterocycles. The van der Waals surface area contributed by atoms with Gasteiger partial charge < -0.3 is 99.2 Å². The number of ketones is 4. The number of hydrogen-bond donors (Lipinski definition) is 12. The van der Waals surface area contributed by atoms with Crippen LogP contribution in [0.3, 0.4) is 0 Å². The minimum Gasteiger partial charge on any atom is -0.507 e. The summed E-state index contributed by atoms with van der Waals surface area (Å²) in [5.41, 5.74) is -20.0. The SMILES string of the molecule is CC1=C\C=C\C2(C)C=C(CO[C@H]3O[C@H](CO)[C@H](O)[C@H](O)[C@H]3O)C(C)CC23OC(=O)/C(=C(O)/C=C/C2(C)C=C(C=O)C(C)CC24OC(=O)\C(=C(O)/C(C)=C/C=C/C2(C)C=C(CO[C@H]5O[C@H](CO)[C@H](O)[C@H](O)[C@H]5O)C(C)CC25OC(=O)C(=C(O)/C=C/C2(C)C=C(C=O)C(C)CC26OC(=O)\C(=C\1O)C6=O)C5=O)C4=O)C3=O. The van der Waals surface area contributed by atoms with Crippen LogP contribution in [0.15, 0.2) is 164 Å². The molecule has 11 aliphatic rings. The number of Topliss-reactive ketones (excluding diaryl/α,β-unsaturated/α-hetero) is 4. The lowest BCUT2D eigenvalue weighted by Gasteiger charge is -2.46. The predicted molar refractivity (Wildman–Crippen MR) is 369 cm³/mol. The number of rotatable bonds is 10. The molecule has 12 unspecified atom stereocenters. The van der Waals surface area contributed by atoms with Gasteiger partial charge in [0.15, 0.2) is 35.0 Å². The molecule has 0 aromatic carbocycles. The van der Waals surface area contributed by atoms with Gasteiger partial charge >= 0.3 is 23.9 Å². The van der Waals surface area contributed by atoms with E-state index < -0.39 is 261 Å². The van der Waals surface area contributed by atoms with Gasteiger partial charge in [-0.2, -0.15) is 0 Å². The first-order valence-corrected chi connectivity index (χ1v) is 35.2. The fourth-order valence-corrected chi connectivity index (χ4v) is 16.8. The highest BCUT2D eigenvalue weighted by Crippen LogP contribution is 2.58. The van der Waals surface area contributed by atoms with Crippen LogP contribution in [0.25, 0.3) is 0 Å². The number of allylic oxidation sites excluding steroid dienone is 10. The lowest BCUT2D eigenvalue weighted by molar-refractivity contribution is -0.299. The second kappa shape index (κ2) is 28.8. The van der Waals surface area contributed by atoms with Crippen molar-refractivity contribution < 1.29 is 147 Å². The van der Waals surface area contributed by atoms with Crippen LogP contribution >= 0.6 is 0 Å². The summed E-state index contributed by atoms with van der Waals surface area (Å²) in [4.78, 5) is 145. The second-order valence-electron chi connectivity index (χ2n) is 30.8. The summed E-state index contributed by atoms with van der Waals surface area (Å²) < 4.78 is 47.4. The Hall–Kier alpha value is -9.02. The van der Waals surface area contributed by atoms with E-state index in [-0.39, 0.29) is 35.1 Å². The average molecular weight is 1510 g/mol. The van der Waals surface area contributed by atoms with Crippen LogP contribution in [0.1, 0.15) is 94.9 Å². The van der Waals surface area contributed by atoms with Gasteiger partial charge in [0.2, 0.25) is 23.1 Å². The maximum atomic E-state index is 15.5. The number of ether oxygens (including phenoxy) is 8. The van der Waals surface area contributed by atoms with E-state index in [2.05, 4.69) is 0 Å². The zero-order valence-corrected chi connectivity index (χ0v) is 60.7. The molecule has 6 saturated heterocycles. The molecule has 6 aliphatic heterocycles. The fraction of sp³-hybridized carbons (Fsp3) is 0.513. The molecule has 0 saturated carbocycles. The molecule has 6 fully saturated rings. The summed E-state index contributed by atoms with van der Waals surface area (Å²) in [6.07, 6.45) is -0.245. The third kappa shape index (κ3) is 12.5. The molecule has 30 nitrogen and oxygen atoms in total. The topological polar surface area (TPSA) is 487 Å². The van der Waals surface area contributed by atoms with Crippen molar-refractivity contribution in [3.63, 3.8) is 0 Å². The van der Waals surface area contributed by atoms with Crippen molar-refractivity contribution in [3.8, 4) is 0 Å². The van der Waals surface area contributed by atoms with Crippen molar-refractivity contribution in [2.24, 2.45) is 45.3 Å². The number of aldehydes is 2. The first kappa shape index (κ1) is 80.0. The molecule has 8 bridgehead atoms. The molecule has 108 heavy (non-hydrogen) atoms. The van der Waals surface area contributed by atoms with Gasteiger partial charge in [0, 0.05) is 25.7 Å². The summed E-state index contributed by atoms with van der Waals surface area (Å²) in [7, 11) is 0. The van der Waals surface area contributed by atoms with E-state index in [9.17, 15) is 90.0 Å². The molecular weight excluding hydrogens is 1420 g/mol. The molecule has 5 aliphatic carbocycles. The Morgan fingerprint density at radius 1 is 0.426 bits per heavy atom. The van der Waals surface area contributed by atoms with E-state index in [1.165, 1.54) is 102 Å². The first-order valence-electron chi connectivity index (χ1n) is 35.2. The quantitative estimate of drug-likeness (QED) is 0.0492. The molecule has 6 heterocycles. The van der Waals surface area contributed by atoms with Gasteiger partial charge in [0.05, 0.1) is 48.1 Å². The Morgan fingerprint density at radius 3 is 1.04 bits per heavy atom. The van der Waals surface area contributed by atoms with Crippen LogP contribution in [-0.2, 0) is 85.8 Å².